The van der Waals surface area contributed by atoms with Crippen LogP contribution in [0.25, 0.3) is 0 Å². The summed E-state index contributed by atoms with van der Waals surface area (Å²) in [6.45, 7) is 0.129. The zero-order valence-corrected chi connectivity index (χ0v) is 17.0. The van der Waals surface area contributed by atoms with E-state index in [1.54, 1.807) is 54.7 Å². The minimum Gasteiger partial charge on any atom is -0.454 e. The third-order valence-corrected chi connectivity index (χ3v) is 4.46. The monoisotopic (exact) mass is 467 g/mol. The van der Waals surface area contributed by atoms with Crippen LogP contribution in [-0.4, -0.2) is 29.9 Å². The predicted molar refractivity (Wildman–Crippen MR) is 111 cm³/mol. The number of nitrogens with zero attached hydrogens (tertiary/aromatic N) is 2. The highest BCUT2D eigenvalue weighted by Crippen LogP contribution is 2.32. The number of esters is 1. The van der Waals surface area contributed by atoms with E-state index in [0.29, 0.717) is 38.4 Å². The van der Waals surface area contributed by atoms with Crippen LogP contribution in [0.3, 0.4) is 0 Å². The summed E-state index contributed by atoms with van der Waals surface area (Å²) in [5.74, 6) is 0.500. The fourth-order valence-corrected chi connectivity index (χ4v) is 2.98. The van der Waals surface area contributed by atoms with E-state index in [4.69, 9.17) is 14.2 Å². The van der Waals surface area contributed by atoms with Crippen LogP contribution in [0.4, 0.5) is 0 Å². The summed E-state index contributed by atoms with van der Waals surface area (Å²) in [5, 5.41) is 3.93. The molecule has 9 heteroatoms. The van der Waals surface area contributed by atoms with Crippen LogP contribution in [0.15, 0.2) is 70.5 Å². The van der Waals surface area contributed by atoms with Crippen LogP contribution in [0.2, 0.25) is 0 Å². The first-order chi connectivity index (χ1) is 14.6. The molecule has 0 radical (unpaired) electrons. The van der Waals surface area contributed by atoms with Gasteiger partial charge >= 0.3 is 5.97 Å². The number of halogens is 1. The molecule has 0 fully saturated rings. The number of nitrogens with one attached hydrogen (secondary N) is 1. The number of hydrogen-bond acceptors (Lipinski definition) is 7. The highest BCUT2D eigenvalue weighted by Gasteiger charge is 2.17. The highest BCUT2D eigenvalue weighted by atomic mass is 79.9. The Morgan fingerprint density at radius 1 is 1.07 bits per heavy atom. The average Bonchev–Trinajstić information content (AvgIpc) is 3.22. The van der Waals surface area contributed by atoms with E-state index in [9.17, 15) is 9.59 Å². The van der Waals surface area contributed by atoms with Crippen molar-refractivity contribution in [2.45, 2.75) is 0 Å². The quantitative estimate of drug-likeness (QED) is 0.266. The Labute approximate surface area is 179 Å². The number of carbonyl (C=O) groups is 2. The molecule has 2 heterocycles. The van der Waals surface area contributed by atoms with Gasteiger partial charge in [0.2, 0.25) is 6.79 Å². The van der Waals surface area contributed by atoms with Crippen molar-refractivity contribution in [3.63, 3.8) is 0 Å². The van der Waals surface area contributed by atoms with Crippen molar-refractivity contribution in [1.29, 1.82) is 0 Å². The molecule has 4 rings (SSSR count). The van der Waals surface area contributed by atoms with Crippen molar-refractivity contribution < 1.29 is 23.8 Å². The van der Waals surface area contributed by atoms with Gasteiger partial charge in [-0.05, 0) is 57.9 Å². The van der Waals surface area contributed by atoms with Gasteiger partial charge in [-0.25, -0.2) is 10.2 Å². The molecule has 0 saturated heterocycles. The number of rotatable bonds is 5. The molecule has 0 atom stereocenters. The molecule has 1 N–H and O–H groups in total. The Bertz CT molecular complexity index is 1150. The summed E-state index contributed by atoms with van der Waals surface area (Å²) in [4.78, 5) is 28.4. The molecule has 1 amide bonds. The Morgan fingerprint density at radius 3 is 2.80 bits per heavy atom. The summed E-state index contributed by atoms with van der Waals surface area (Å²) in [6, 6.07) is 13.2. The largest absolute Gasteiger partial charge is 0.454 e. The molecule has 1 aliphatic rings. The first-order valence-electron chi connectivity index (χ1n) is 8.74. The molecule has 0 aliphatic carbocycles. The zero-order chi connectivity index (χ0) is 20.9. The number of carbonyl (C=O) groups excluding carboxylic acids is 2. The summed E-state index contributed by atoms with van der Waals surface area (Å²) in [5.41, 5.74) is 3.77. The van der Waals surface area contributed by atoms with E-state index in [0.717, 1.165) is 0 Å². The van der Waals surface area contributed by atoms with Crippen molar-refractivity contribution in [3.8, 4) is 17.2 Å². The van der Waals surface area contributed by atoms with Gasteiger partial charge in [-0.15, -0.1) is 0 Å². The van der Waals surface area contributed by atoms with Gasteiger partial charge in [-0.2, -0.15) is 5.10 Å². The molecule has 0 saturated carbocycles. The maximum atomic E-state index is 12.4. The minimum absolute atomic E-state index is 0.129. The molecule has 0 spiro atoms. The number of aromatic nitrogens is 1. The van der Waals surface area contributed by atoms with Gasteiger partial charge in [0.25, 0.3) is 5.91 Å². The van der Waals surface area contributed by atoms with E-state index in [-0.39, 0.29) is 6.79 Å². The van der Waals surface area contributed by atoms with Gasteiger partial charge in [-0.1, -0.05) is 12.1 Å². The second kappa shape index (κ2) is 8.75. The molecule has 8 nitrogen and oxygen atoms in total. The zero-order valence-electron chi connectivity index (χ0n) is 15.4. The van der Waals surface area contributed by atoms with E-state index in [1.807, 2.05) is 0 Å². The van der Waals surface area contributed by atoms with Crippen LogP contribution in [0.1, 0.15) is 26.3 Å². The lowest BCUT2D eigenvalue weighted by molar-refractivity contribution is 0.0734. The summed E-state index contributed by atoms with van der Waals surface area (Å²) in [6.07, 6.45) is 4.46. The molecule has 1 aromatic heterocycles. The van der Waals surface area contributed by atoms with Gasteiger partial charge in [0, 0.05) is 16.9 Å². The number of hydrazone groups is 1. The minimum atomic E-state index is -0.530. The predicted octanol–water partition coefficient (Wildman–Crippen LogP) is 3.56. The van der Waals surface area contributed by atoms with Crippen LogP contribution in [0, 0.1) is 0 Å². The normalized spacial score (nSPS) is 12.0. The summed E-state index contributed by atoms with van der Waals surface area (Å²) < 4.78 is 16.6. The highest BCUT2D eigenvalue weighted by molar-refractivity contribution is 9.10. The molecule has 30 heavy (non-hydrogen) atoms. The Kier molecular flexibility index (Phi) is 5.71. The number of ether oxygens (including phenoxy) is 3. The maximum absolute atomic E-state index is 12.4. The van der Waals surface area contributed by atoms with Crippen molar-refractivity contribution in [1.82, 2.24) is 10.4 Å². The van der Waals surface area contributed by atoms with Crippen molar-refractivity contribution in [2.24, 2.45) is 5.10 Å². The lowest BCUT2D eigenvalue weighted by atomic mass is 10.2. The maximum Gasteiger partial charge on any atom is 0.343 e. The van der Waals surface area contributed by atoms with Crippen LogP contribution in [-0.2, 0) is 0 Å². The van der Waals surface area contributed by atoms with Crippen LogP contribution < -0.4 is 19.6 Å². The van der Waals surface area contributed by atoms with Gasteiger partial charge < -0.3 is 14.2 Å². The van der Waals surface area contributed by atoms with Crippen molar-refractivity contribution in [2.75, 3.05) is 6.79 Å². The number of pyridine rings is 1. The standard InChI is InChI=1S/C21H14BrN3O5/c22-16-7-15(10-23-11-16)20(26)25-24-9-13-2-1-3-17(6-13)30-21(27)14-4-5-18-19(8-14)29-12-28-18/h1-11H,12H2,(H,25,26)/b24-9-. The molecular weight excluding hydrogens is 454 g/mol. The van der Waals surface area contributed by atoms with Gasteiger partial charge in [0.15, 0.2) is 11.5 Å². The Morgan fingerprint density at radius 2 is 1.93 bits per heavy atom. The molecule has 0 bridgehead atoms. The number of fused-ring (bicyclic) bond motifs is 1. The molecule has 150 valence electrons. The first-order valence-corrected chi connectivity index (χ1v) is 9.54. The molecule has 3 aromatic rings. The SMILES string of the molecule is O=C(N/N=C\c1cccc(OC(=O)c2ccc3c(c2)OCO3)c1)c1cncc(Br)c1. The van der Waals surface area contributed by atoms with Gasteiger partial charge in [0.05, 0.1) is 17.3 Å². The van der Waals surface area contributed by atoms with E-state index >= 15 is 0 Å². The Hall–Kier alpha value is -3.72. The summed E-state index contributed by atoms with van der Waals surface area (Å²) >= 11 is 3.26. The number of benzene rings is 2. The van der Waals surface area contributed by atoms with E-state index in [1.165, 1.54) is 12.4 Å². The fraction of sp³-hybridized carbons (Fsp3) is 0.0476. The second-order valence-electron chi connectivity index (χ2n) is 6.12. The lowest BCUT2D eigenvalue weighted by Gasteiger charge is -2.06. The number of amides is 1. The first kappa shape index (κ1) is 19.6. The second-order valence-corrected chi connectivity index (χ2v) is 7.04. The van der Waals surface area contributed by atoms with Crippen molar-refractivity contribution in [3.05, 3.63) is 82.1 Å². The molecule has 2 aromatic carbocycles. The molecule has 1 aliphatic heterocycles. The van der Waals surface area contributed by atoms with Gasteiger partial charge in [0.1, 0.15) is 5.75 Å². The third kappa shape index (κ3) is 4.64. The van der Waals surface area contributed by atoms with Gasteiger partial charge in [-0.3, -0.25) is 9.78 Å². The molecule has 0 unspecified atom stereocenters. The topological polar surface area (TPSA) is 99.1 Å². The smallest absolute Gasteiger partial charge is 0.343 e. The van der Waals surface area contributed by atoms with Crippen molar-refractivity contribution >= 4 is 34.0 Å². The number of hydrogen-bond donors (Lipinski definition) is 1. The Balaban J connectivity index is 1.39. The van der Waals surface area contributed by atoms with Crippen LogP contribution in [0.5, 0.6) is 17.2 Å². The van der Waals surface area contributed by atoms with E-state index in [2.05, 4.69) is 31.4 Å². The summed E-state index contributed by atoms with van der Waals surface area (Å²) in [7, 11) is 0. The third-order valence-electron chi connectivity index (χ3n) is 4.02. The lowest BCUT2D eigenvalue weighted by Crippen LogP contribution is -2.17. The molecular formula is C21H14BrN3O5. The van der Waals surface area contributed by atoms with E-state index < -0.39 is 11.9 Å². The fourth-order valence-electron chi connectivity index (χ4n) is 2.61. The van der Waals surface area contributed by atoms with Crippen LogP contribution >= 0.6 is 15.9 Å². The average molecular weight is 468 g/mol.